The largest absolute Gasteiger partial charge is 0.378 e. The van der Waals surface area contributed by atoms with Crippen molar-refractivity contribution in [3.05, 3.63) is 70.9 Å². The molecule has 5 rings (SSSR count). The van der Waals surface area contributed by atoms with E-state index in [4.69, 9.17) is 11.6 Å². The molecule has 1 amide bonds. The van der Waals surface area contributed by atoms with E-state index in [1.54, 1.807) is 0 Å². The number of aromatic nitrogens is 1. The van der Waals surface area contributed by atoms with Crippen LogP contribution in [0.5, 0.6) is 0 Å². The van der Waals surface area contributed by atoms with Gasteiger partial charge in [-0.2, -0.15) is 0 Å². The van der Waals surface area contributed by atoms with Crippen molar-refractivity contribution in [1.29, 1.82) is 0 Å². The molecule has 2 aliphatic rings. The van der Waals surface area contributed by atoms with Gasteiger partial charge < -0.3 is 10.2 Å². The molecule has 4 nitrogen and oxygen atoms in total. The number of halogens is 1. The Bertz CT molecular complexity index is 1030. The number of pyridine rings is 1. The number of hydrogen-bond acceptors (Lipinski definition) is 3. The zero-order chi connectivity index (χ0) is 18.4. The van der Waals surface area contributed by atoms with Crippen molar-refractivity contribution in [1.82, 2.24) is 9.88 Å². The highest BCUT2D eigenvalue weighted by molar-refractivity contribution is 6.30. The number of amides is 1. The molecule has 2 aromatic carbocycles. The predicted molar refractivity (Wildman–Crippen MR) is 108 cm³/mol. The van der Waals surface area contributed by atoms with Gasteiger partial charge >= 0.3 is 0 Å². The molecule has 0 radical (unpaired) electrons. The minimum Gasteiger partial charge on any atom is -0.378 e. The fourth-order valence-electron chi connectivity index (χ4n) is 4.37. The minimum atomic E-state index is 0.0166. The Labute approximate surface area is 163 Å². The van der Waals surface area contributed by atoms with Crippen molar-refractivity contribution < 1.29 is 4.79 Å². The summed E-state index contributed by atoms with van der Waals surface area (Å²) in [5.41, 5.74) is 4.15. The van der Waals surface area contributed by atoms with Gasteiger partial charge in [0, 0.05) is 29.6 Å². The maximum atomic E-state index is 12.4. The minimum absolute atomic E-state index is 0.0166. The SMILES string of the molecule is O=C1CCCN1[C@@H]1C[C@H](c2cc3ccccc3nc2Cl)Nc2ccccc21. The molecule has 27 heavy (non-hydrogen) atoms. The number of benzene rings is 2. The summed E-state index contributed by atoms with van der Waals surface area (Å²) < 4.78 is 0. The van der Waals surface area contributed by atoms with Gasteiger partial charge in [0.15, 0.2) is 0 Å². The first kappa shape index (κ1) is 16.6. The molecule has 1 fully saturated rings. The quantitative estimate of drug-likeness (QED) is 0.631. The fraction of sp³-hybridized carbons (Fsp3) is 0.273. The summed E-state index contributed by atoms with van der Waals surface area (Å²) >= 11 is 6.57. The summed E-state index contributed by atoms with van der Waals surface area (Å²) in [5.74, 6) is 0.248. The van der Waals surface area contributed by atoms with Crippen LogP contribution < -0.4 is 5.32 Å². The number of nitrogens with zero attached hydrogens (tertiary/aromatic N) is 2. The van der Waals surface area contributed by atoms with Crippen molar-refractivity contribution in [3.63, 3.8) is 0 Å². The van der Waals surface area contributed by atoms with Crippen molar-refractivity contribution in [2.75, 3.05) is 11.9 Å². The Kier molecular flexibility index (Phi) is 4.01. The van der Waals surface area contributed by atoms with Crippen molar-refractivity contribution >= 4 is 34.1 Å². The van der Waals surface area contributed by atoms with E-state index in [1.165, 1.54) is 5.56 Å². The number of fused-ring (bicyclic) bond motifs is 2. The van der Waals surface area contributed by atoms with Crippen LogP contribution in [0.3, 0.4) is 0 Å². The van der Waals surface area contributed by atoms with Crippen LogP contribution in [0, 0.1) is 0 Å². The number of anilines is 1. The van der Waals surface area contributed by atoms with E-state index < -0.39 is 0 Å². The van der Waals surface area contributed by atoms with Crippen LogP contribution in [-0.4, -0.2) is 22.3 Å². The van der Waals surface area contributed by atoms with Gasteiger partial charge in [-0.15, -0.1) is 0 Å². The molecule has 1 aromatic heterocycles. The van der Waals surface area contributed by atoms with Crippen LogP contribution in [0.4, 0.5) is 5.69 Å². The Morgan fingerprint density at radius 2 is 1.89 bits per heavy atom. The molecule has 1 saturated heterocycles. The van der Waals surface area contributed by atoms with E-state index in [1.807, 2.05) is 35.2 Å². The second-order valence-corrected chi connectivity index (χ2v) is 7.65. The monoisotopic (exact) mass is 377 g/mol. The van der Waals surface area contributed by atoms with Crippen LogP contribution >= 0.6 is 11.6 Å². The molecular formula is C22H20ClN3O. The van der Waals surface area contributed by atoms with Crippen molar-refractivity contribution in [3.8, 4) is 0 Å². The average Bonchev–Trinajstić information content (AvgIpc) is 3.12. The Balaban J connectivity index is 1.58. The molecule has 2 aliphatic heterocycles. The Hall–Kier alpha value is -2.59. The molecule has 0 aliphatic carbocycles. The summed E-state index contributed by atoms with van der Waals surface area (Å²) in [4.78, 5) is 19.1. The van der Waals surface area contributed by atoms with Crippen LogP contribution in [0.25, 0.3) is 10.9 Å². The smallest absolute Gasteiger partial charge is 0.223 e. The van der Waals surface area contributed by atoms with E-state index in [0.29, 0.717) is 11.6 Å². The third-order valence-electron chi connectivity index (χ3n) is 5.67. The zero-order valence-electron chi connectivity index (χ0n) is 14.9. The topological polar surface area (TPSA) is 45.2 Å². The Morgan fingerprint density at radius 3 is 2.74 bits per heavy atom. The molecule has 0 saturated carbocycles. The molecule has 5 heteroatoms. The van der Waals surface area contributed by atoms with E-state index in [-0.39, 0.29) is 18.0 Å². The van der Waals surface area contributed by atoms with Gasteiger partial charge in [0.2, 0.25) is 5.91 Å². The summed E-state index contributed by atoms with van der Waals surface area (Å²) in [7, 11) is 0. The summed E-state index contributed by atoms with van der Waals surface area (Å²) in [6.07, 6.45) is 2.38. The summed E-state index contributed by atoms with van der Waals surface area (Å²) in [5, 5.41) is 5.23. The van der Waals surface area contributed by atoms with Gasteiger partial charge in [0.1, 0.15) is 5.15 Å². The standard InChI is InChI=1S/C22H20ClN3O/c23-22-16(12-14-6-1-3-8-17(14)25-22)19-13-20(26-11-5-10-21(26)27)15-7-2-4-9-18(15)24-19/h1-4,6-9,12,19-20,24H,5,10-11,13H2/t19-,20-/m1/s1. The van der Waals surface area contributed by atoms with Crippen LogP contribution in [0.15, 0.2) is 54.6 Å². The highest BCUT2D eigenvalue weighted by Crippen LogP contribution is 2.44. The molecular weight excluding hydrogens is 358 g/mol. The maximum absolute atomic E-state index is 12.4. The molecule has 3 heterocycles. The van der Waals surface area contributed by atoms with E-state index >= 15 is 0 Å². The van der Waals surface area contributed by atoms with Crippen LogP contribution in [0.1, 0.15) is 42.5 Å². The third-order valence-corrected chi connectivity index (χ3v) is 5.98. The van der Waals surface area contributed by atoms with Gasteiger partial charge in [0.05, 0.1) is 17.6 Å². The molecule has 3 aromatic rings. The highest BCUT2D eigenvalue weighted by atomic mass is 35.5. The lowest BCUT2D eigenvalue weighted by molar-refractivity contribution is -0.130. The second kappa shape index (κ2) is 6.54. The second-order valence-electron chi connectivity index (χ2n) is 7.29. The van der Waals surface area contributed by atoms with E-state index in [2.05, 4.69) is 34.6 Å². The number of carbonyl (C=O) groups is 1. The average molecular weight is 378 g/mol. The van der Waals surface area contributed by atoms with E-state index in [0.717, 1.165) is 41.5 Å². The number of para-hydroxylation sites is 2. The summed E-state index contributed by atoms with van der Waals surface area (Å²) in [6.45, 7) is 0.828. The first-order chi connectivity index (χ1) is 13.2. The fourth-order valence-corrected chi connectivity index (χ4v) is 4.64. The first-order valence-electron chi connectivity index (χ1n) is 9.41. The lowest BCUT2D eigenvalue weighted by Crippen LogP contribution is -2.35. The Morgan fingerprint density at radius 1 is 1.07 bits per heavy atom. The van der Waals surface area contributed by atoms with Crippen molar-refractivity contribution in [2.24, 2.45) is 0 Å². The number of hydrogen-bond donors (Lipinski definition) is 1. The normalized spacial score (nSPS) is 22.0. The highest BCUT2D eigenvalue weighted by Gasteiger charge is 2.36. The number of carbonyl (C=O) groups excluding carboxylic acids is 1. The molecule has 0 bridgehead atoms. The van der Waals surface area contributed by atoms with Crippen molar-refractivity contribution in [2.45, 2.75) is 31.3 Å². The molecule has 1 N–H and O–H groups in total. The van der Waals surface area contributed by atoms with Gasteiger partial charge in [-0.05, 0) is 36.6 Å². The van der Waals surface area contributed by atoms with Crippen LogP contribution in [0.2, 0.25) is 5.15 Å². The van der Waals surface area contributed by atoms with Gasteiger partial charge in [-0.3, -0.25) is 4.79 Å². The van der Waals surface area contributed by atoms with Gasteiger partial charge in [-0.25, -0.2) is 4.98 Å². The summed E-state index contributed by atoms with van der Waals surface area (Å²) in [6, 6.07) is 18.5. The maximum Gasteiger partial charge on any atom is 0.223 e. The number of likely N-dealkylation sites (tertiary alicyclic amines) is 1. The third kappa shape index (κ3) is 2.85. The lowest BCUT2D eigenvalue weighted by Gasteiger charge is -2.38. The number of rotatable bonds is 2. The number of nitrogens with one attached hydrogen (secondary N) is 1. The molecule has 2 atom stereocenters. The van der Waals surface area contributed by atoms with Gasteiger partial charge in [-0.1, -0.05) is 48.0 Å². The van der Waals surface area contributed by atoms with Crippen LogP contribution in [-0.2, 0) is 4.79 Å². The molecule has 0 spiro atoms. The van der Waals surface area contributed by atoms with E-state index in [9.17, 15) is 4.79 Å². The van der Waals surface area contributed by atoms with Gasteiger partial charge in [0.25, 0.3) is 0 Å². The zero-order valence-corrected chi connectivity index (χ0v) is 15.6. The first-order valence-corrected chi connectivity index (χ1v) is 9.78. The predicted octanol–water partition coefficient (Wildman–Crippen LogP) is 5.11. The molecule has 136 valence electrons. The lowest BCUT2D eigenvalue weighted by atomic mass is 9.88. The molecule has 0 unspecified atom stereocenters.